The zero-order valence-electron chi connectivity index (χ0n) is 11.4. The summed E-state index contributed by atoms with van der Waals surface area (Å²) in [5.74, 6) is 0.623. The van der Waals surface area contributed by atoms with Crippen molar-refractivity contribution in [1.82, 2.24) is 0 Å². The second-order valence-corrected chi connectivity index (χ2v) is 4.63. The van der Waals surface area contributed by atoms with Crippen LogP contribution in [0.1, 0.15) is 0 Å². The number of hydrogen-bond donors (Lipinski definition) is 2. The van der Waals surface area contributed by atoms with Crippen LogP contribution in [0.3, 0.4) is 0 Å². The Bertz CT molecular complexity index is 647. The molecule has 0 spiro atoms. The van der Waals surface area contributed by atoms with Crippen molar-refractivity contribution in [3.8, 4) is 11.5 Å². The average molecular weight is 307 g/mol. The molecule has 5 nitrogen and oxygen atoms in total. The first kappa shape index (κ1) is 15.0. The summed E-state index contributed by atoms with van der Waals surface area (Å²) in [6.45, 7) is -0.155. The molecule has 0 saturated heterocycles. The molecule has 2 rings (SSSR count). The molecular formula is C15H15ClN2O3. The van der Waals surface area contributed by atoms with E-state index in [4.69, 9.17) is 26.8 Å². The molecule has 0 aromatic heterocycles. The highest BCUT2D eigenvalue weighted by atomic mass is 35.5. The number of hydrogen-bond acceptors (Lipinski definition) is 4. The maximum absolute atomic E-state index is 11.9. The van der Waals surface area contributed by atoms with Crippen LogP contribution < -0.4 is 20.5 Å². The Morgan fingerprint density at radius 2 is 2.00 bits per heavy atom. The number of carbonyl (C=O) groups excluding carboxylic acids is 1. The Balaban J connectivity index is 1.98. The Hall–Kier alpha value is -2.40. The molecule has 0 fully saturated rings. The lowest BCUT2D eigenvalue weighted by atomic mass is 10.2. The molecule has 2 aromatic carbocycles. The van der Waals surface area contributed by atoms with Crippen LogP contribution in [0.5, 0.6) is 11.5 Å². The molecule has 0 unspecified atom stereocenters. The number of anilines is 2. The van der Waals surface area contributed by atoms with Crippen molar-refractivity contribution >= 4 is 28.9 Å². The zero-order valence-corrected chi connectivity index (χ0v) is 12.2. The van der Waals surface area contributed by atoms with Crippen molar-refractivity contribution in [2.24, 2.45) is 0 Å². The van der Waals surface area contributed by atoms with E-state index in [9.17, 15) is 4.79 Å². The number of nitrogens with one attached hydrogen (secondary N) is 1. The number of nitrogen functional groups attached to an aromatic ring is 1. The van der Waals surface area contributed by atoms with Gasteiger partial charge < -0.3 is 20.5 Å². The Morgan fingerprint density at radius 1 is 1.24 bits per heavy atom. The van der Waals surface area contributed by atoms with Crippen molar-refractivity contribution in [1.29, 1.82) is 0 Å². The lowest BCUT2D eigenvalue weighted by Crippen LogP contribution is -2.20. The highest BCUT2D eigenvalue weighted by Gasteiger charge is 2.09. The molecule has 0 atom stereocenters. The largest absolute Gasteiger partial charge is 0.494 e. The number of amides is 1. The van der Waals surface area contributed by atoms with Gasteiger partial charge in [0.05, 0.1) is 17.8 Å². The molecule has 6 heteroatoms. The SMILES string of the molecule is COc1cc(N)ccc1NC(=O)COc1ccccc1Cl. The molecule has 0 saturated carbocycles. The van der Waals surface area contributed by atoms with E-state index in [0.29, 0.717) is 27.9 Å². The van der Waals surface area contributed by atoms with Crippen LogP contribution >= 0.6 is 11.6 Å². The molecule has 1 amide bonds. The summed E-state index contributed by atoms with van der Waals surface area (Å²) < 4.78 is 10.5. The van der Waals surface area contributed by atoms with Gasteiger partial charge in [-0.25, -0.2) is 0 Å². The lowest BCUT2D eigenvalue weighted by molar-refractivity contribution is -0.118. The normalized spacial score (nSPS) is 10.0. The van der Waals surface area contributed by atoms with E-state index in [1.807, 2.05) is 0 Å². The molecule has 0 heterocycles. The van der Waals surface area contributed by atoms with E-state index >= 15 is 0 Å². The third-order valence-electron chi connectivity index (χ3n) is 2.70. The first-order valence-electron chi connectivity index (χ1n) is 6.21. The molecule has 0 radical (unpaired) electrons. The Labute approximate surface area is 127 Å². The van der Waals surface area contributed by atoms with Gasteiger partial charge in [0.15, 0.2) is 6.61 Å². The maximum atomic E-state index is 11.9. The van der Waals surface area contributed by atoms with Crippen LogP contribution in [0.15, 0.2) is 42.5 Å². The van der Waals surface area contributed by atoms with Gasteiger partial charge in [-0.15, -0.1) is 0 Å². The minimum Gasteiger partial charge on any atom is -0.494 e. The summed E-state index contributed by atoms with van der Waals surface area (Å²) >= 11 is 5.94. The summed E-state index contributed by atoms with van der Waals surface area (Å²) in [5, 5.41) is 3.14. The quantitative estimate of drug-likeness (QED) is 0.833. The minimum absolute atomic E-state index is 0.155. The van der Waals surface area contributed by atoms with E-state index in [2.05, 4.69) is 5.32 Å². The molecule has 110 valence electrons. The van der Waals surface area contributed by atoms with Gasteiger partial charge >= 0.3 is 0 Å². The van der Waals surface area contributed by atoms with Gasteiger partial charge in [-0.05, 0) is 24.3 Å². The molecule has 0 aliphatic rings. The summed E-state index contributed by atoms with van der Waals surface area (Å²) in [7, 11) is 1.50. The smallest absolute Gasteiger partial charge is 0.262 e. The fourth-order valence-corrected chi connectivity index (χ4v) is 1.89. The van der Waals surface area contributed by atoms with Gasteiger partial charge in [0.1, 0.15) is 11.5 Å². The summed E-state index contributed by atoms with van der Waals surface area (Å²) in [5.41, 5.74) is 6.73. The third kappa shape index (κ3) is 4.03. The topological polar surface area (TPSA) is 73.6 Å². The van der Waals surface area contributed by atoms with Gasteiger partial charge in [-0.1, -0.05) is 23.7 Å². The van der Waals surface area contributed by atoms with Gasteiger partial charge in [0.2, 0.25) is 0 Å². The van der Waals surface area contributed by atoms with E-state index in [0.717, 1.165) is 0 Å². The van der Waals surface area contributed by atoms with Gasteiger partial charge in [-0.3, -0.25) is 4.79 Å². The number of carbonyl (C=O) groups is 1. The first-order valence-corrected chi connectivity index (χ1v) is 6.58. The molecule has 0 aliphatic carbocycles. The fourth-order valence-electron chi connectivity index (χ4n) is 1.70. The fraction of sp³-hybridized carbons (Fsp3) is 0.133. The van der Waals surface area contributed by atoms with Crippen LogP contribution in [0.2, 0.25) is 5.02 Å². The van der Waals surface area contributed by atoms with E-state index < -0.39 is 0 Å². The van der Waals surface area contributed by atoms with E-state index in [1.54, 1.807) is 42.5 Å². The Kier molecular flexibility index (Phi) is 4.90. The van der Waals surface area contributed by atoms with Crippen molar-refractivity contribution in [3.05, 3.63) is 47.5 Å². The number of benzene rings is 2. The maximum Gasteiger partial charge on any atom is 0.262 e. The van der Waals surface area contributed by atoms with Crippen molar-refractivity contribution in [2.45, 2.75) is 0 Å². The summed E-state index contributed by atoms with van der Waals surface area (Å²) in [6.07, 6.45) is 0. The third-order valence-corrected chi connectivity index (χ3v) is 3.01. The summed E-state index contributed by atoms with van der Waals surface area (Å²) in [4.78, 5) is 11.9. The van der Waals surface area contributed by atoms with Gasteiger partial charge in [0, 0.05) is 11.8 Å². The zero-order chi connectivity index (χ0) is 15.2. The van der Waals surface area contributed by atoms with Gasteiger partial charge in [0.25, 0.3) is 5.91 Å². The summed E-state index contributed by atoms with van der Waals surface area (Å²) in [6, 6.07) is 11.9. The highest BCUT2D eigenvalue weighted by molar-refractivity contribution is 6.32. The number of ether oxygens (including phenoxy) is 2. The molecule has 2 aromatic rings. The van der Waals surface area contributed by atoms with Crippen LogP contribution in [-0.4, -0.2) is 19.6 Å². The molecule has 0 aliphatic heterocycles. The predicted molar refractivity (Wildman–Crippen MR) is 83.0 cm³/mol. The van der Waals surface area contributed by atoms with E-state index in [1.165, 1.54) is 7.11 Å². The Morgan fingerprint density at radius 3 is 2.71 bits per heavy atom. The highest BCUT2D eigenvalue weighted by Crippen LogP contribution is 2.27. The minimum atomic E-state index is -0.321. The van der Waals surface area contributed by atoms with Crippen LogP contribution in [0.25, 0.3) is 0 Å². The standard InChI is InChI=1S/C15H15ClN2O3/c1-20-14-8-10(17)6-7-12(14)18-15(19)9-21-13-5-3-2-4-11(13)16/h2-8H,9,17H2,1H3,(H,18,19). The van der Waals surface area contributed by atoms with Crippen LogP contribution in [0.4, 0.5) is 11.4 Å². The number of halogens is 1. The monoisotopic (exact) mass is 306 g/mol. The number of rotatable bonds is 5. The van der Waals surface area contributed by atoms with Crippen molar-refractivity contribution in [2.75, 3.05) is 24.8 Å². The average Bonchev–Trinajstić information content (AvgIpc) is 2.48. The van der Waals surface area contributed by atoms with Crippen molar-refractivity contribution in [3.63, 3.8) is 0 Å². The first-order chi connectivity index (χ1) is 10.1. The van der Waals surface area contributed by atoms with E-state index in [-0.39, 0.29) is 12.5 Å². The predicted octanol–water partition coefficient (Wildman–Crippen LogP) is 2.95. The second kappa shape index (κ2) is 6.85. The number of nitrogens with two attached hydrogens (primary N) is 1. The van der Waals surface area contributed by atoms with Crippen molar-refractivity contribution < 1.29 is 14.3 Å². The lowest BCUT2D eigenvalue weighted by Gasteiger charge is -2.11. The molecular weight excluding hydrogens is 292 g/mol. The molecule has 0 bridgehead atoms. The number of methoxy groups -OCH3 is 1. The van der Waals surface area contributed by atoms with Crippen LogP contribution in [-0.2, 0) is 4.79 Å². The number of para-hydroxylation sites is 1. The van der Waals surface area contributed by atoms with Gasteiger partial charge in [-0.2, -0.15) is 0 Å². The second-order valence-electron chi connectivity index (χ2n) is 4.23. The van der Waals surface area contributed by atoms with Crippen LogP contribution in [0, 0.1) is 0 Å². The molecule has 21 heavy (non-hydrogen) atoms. The molecule has 3 N–H and O–H groups in total.